The second-order valence-corrected chi connectivity index (χ2v) is 8.16. The number of thioether (sulfide) groups is 1. The third-order valence-electron chi connectivity index (χ3n) is 4.18. The molecule has 6 heteroatoms. The normalized spacial score (nSPS) is 12.0. The second kappa shape index (κ2) is 8.54. The lowest BCUT2D eigenvalue weighted by Crippen LogP contribution is -2.13. The molecular formula is C22H18N2O2S2. The van der Waals surface area contributed by atoms with Crippen molar-refractivity contribution >= 4 is 39.3 Å². The lowest BCUT2D eigenvalue weighted by molar-refractivity contribution is -0.142. The van der Waals surface area contributed by atoms with Gasteiger partial charge in [0.2, 0.25) is 0 Å². The smallest absolute Gasteiger partial charge is 0.324 e. The molecule has 0 saturated heterocycles. The van der Waals surface area contributed by atoms with E-state index in [1.54, 1.807) is 17.7 Å². The fraction of sp³-hybridized carbons (Fsp3) is 0.136. The van der Waals surface area contributed by atoms with Crippen LogP contribution >= 0.6 is 23.1 Å². The number of fused-ring (bicyclic) bond motifs is 1. The van der Waals surface area contributed by atoms with Gasteiger partial charge < -0.3 is 4.74 Å². The van der Waals surface area contributed by atoms with Crippen LogP contribution in [-0.2, 0) is 9.53 Å². The number of carbonyl (C=O) groups excluding carboxylic acids is 1. The molecule has 28 heavy (non-hydrogen) atoms. The highest BCUT2D eigenvalue weighted by Gasteiger charge is 2.25. The van der Waals surface area contributed by atoms with Crippen molar-refractivity contribution in [2.24, 2.45) is 0 Å². The van der Waals surface area contributed by atoms with E-state index < -0.39 is 5.25 Å². The van der Waals surface area contributed by atoms with E-state index in [9.17, 15) is 4.79 Å². The van der Waals surface area contributed by atoms with Crippen molar-refractivity contribution in [2.45, 2.75) is 17.2 Å². The minimum Gasteiger partial charge on any atom is -0.465 e. The molecule has 0 aliphatic rings. The first-order valence-corrected chi connectivity index (χ1v) is 10.6. The van der Waals surface area contributed by atoms with Gasteiger partial charge >= 0.3 is 5.97 Å². The van der Waals surface area contributed by atoms with E-state index in [1.807, 2.05) is 55.5 Å². The summed E-state index contributed by atoms with van der Waals surface area (Å²) in [6.07, 6.45) is 1.56. The Kier molecular flexibility index (Phi) is 5.69. The first-order chi connectivity index (χ1) is 13.8. The summed E-state index contributed by atoms with van der Waals surface area (Å²) in [4.78, 5) is 23.6. The first-order valence-electron chi connectivity index (χ1n) is 8.94. The van der Waals surface area contributed by atoms with Gasteiger partial charge in [-0.25, -0.2) is 9.97 Å². The average molecular weight is 407 g/mol. The predicted octanol–water partition coefficient (Wildman–Crippen LogP) is 5.75. The van der Waals surface area contributed by atoms with Crippen LogP contribution in [0.15, 0.2) is 78.1 Å². The molecule has 0 spiro atoms. The SMILES string of the molecule is CCOC(=O)[C@H](Sc1ncnc2sc(-c3ccccc3)cc12)c1ccccc1. The number of rotatable bonds is 6. The molecule has 0 bridgehead atoms. The maximum absolute atomic E-state index is 12.6. The van der Waals surface area contributed by atoms with Crippen LogP contribution in [0.4, 0.5) is 0 Å². The second-order valence-electron chi connectivity index (χ2n) is 6.03. The fourth-order valence-electron chi connectivity index (χ4n) is 2.88. The maximum Gasteiger partial charge on any atom is 0.324 e. The number of benzene rings is 2. The van der Waals surface area contributed by atoms with Gasteiger partial charge in [0, 0.05) is 10.3 Å². The van der Waals surface area contributed by atoms with Gasteiger partial charge in [0.15, 0.2) is 0 Å². The monoisotopic (exact) mass is 406 g/mol. The zero-order chi connectivity index (χ0) is 19.3. The van der Waals surface area contributed by atoms with Crippen molar-refractivity contribution in [1.29, 1.82) is 0 Å². The van der Waals surface area contributed by atoms with Crippen LogP contribution in [0.1, 0.15) is 17.7 Å². The predicted molar refractivity (Wildman–Crippen MR) is 115 cm³/mol. The third-order valence-corrected chi connectivity index (χ3v) is 6.52. The molecule has 0 unspecified atom stereocenters. The molecule has 0 aliphatic heterocycles. The summed E-state index contributed by atoms with van der Waals surface area (Å²) in [5.74, 6) is -0.260. The lowest BCUT2D eigenvalue weighted by Gasteiger charge is -2.15. The molecular weight excluding hydrogens is 388 g/mol. The molecule has 0 aliphatic carbocycles. The largest absolute Gasteiger partial charge is 0.465 e. The maximum atomic E-state index is 12.6. The Labute approximate surface area is 171 Å². The minimum absolute atomic E-state index is 0.260. The number of ether oxygens (including phenoxy) is 1. The molecule has 4 nitrogen and oxygen atoms in total. The van der Waals surface area contributed by atoms with E-state index in [0.29, 0.717) is 6.61 Å². The van der Waals surface area contributed by atoms with Gasteiger partial charge in [-0.15, -0.1) is 11.3 Å². The lowest BCUT2D eigenvalue weighted by atomic mass is 10.1. The summed E-state index contributed by atoms with van der Waals surface area (Å²) in [5.41, 5.74) is 2.04. The molecule has 140 valence electrons. The molecule has 2 aromatic carbocycles. The number of nitrogens with zero attached hydrogens (tertiary/aromatic N) is 2. The molecule has 1 atom stereocenters. The summed E-state index contributed by atoms with van der Waals surface area (Å²) in [7, 11) is 0. The Morgan fingerprint density at radius 3 is 2.50 bits per heavy atom. The van der Waals surface area contributed by atoms with E-state index in [-0.39, 0.29) is 5.97 Å². The van der Waals surface area contributed by atoms with Crippen molar-refractivity contribution in [3.8, 4) is 10.4 Å². The van der Waals surface area contributed by atoms with Crippen molar-refractivity contribution in [2.75, 3.05) is 6.61 Å². The standard InChI is InChI=1S/C22H18N2O2S2/c1-2-26-22(25)19(16-11-7-4-8-12-16)28-21-17-13-18(15-9-5-3-6-10-15)27-20(17)23-14-24-21/h3-14,19H,2H2,1H3/t19-/m1/s1. The highest BCUT2D eigenvalue weighted by molar-refractivity contribution is 8.00. The summed E-state index contributed by atoms with van der Waals surface area (Å²) in [6, 6.07) is 22.0. The quantitative estimate of drug-likeness (QED) is 0.232. The van der Waals surface area contributed by atoms with Crippen molar-refractivity contribution in [1.82, 2.24) is 9.97 Å². The summed E-state index contributed by atoms with van der Waals surface area (Å²) in [6.45, 7) is 2.16. The van der Waals surface area contributed by atoms with Crippen LogP contribution in [0.2, 0.25) is 0 Å². The number of aromatic nitrogens is 2. The van der Waals surface area contributed by atoms with Gasteiger partial charge in [0.25, 0.3) is 0 Å². The van der Waals surface area contributed by atoms with E-state index >= 15 is 0 Å². The molecule has 2 aromatic heterocycles. The highest BCUT2D eigenvalue weighted by atomic mass is 32.2. The Morgan fingerprint density at radius 2 is 1.79 bits per heavy atom. The van der Waals surface area contributed by atoms with Gasteiger partial charge in [0.1, 0.15) is 21.4 Å². The van der Waals surface area contributed by atoms with Crippen LogP contribution in [-0.4, -0.2) is 22.5 Å². The van der Waals surface area contributed by atoms with Crippen LogP contribution in [0, 0.1) is 0 Å². The Morgan fingerprint density at radius 1 is 1.07 bits per heavy atom. The molecule has 0 fully saturated rings. The molecule has 4 aromatic rings. The Bertz CT molecular complexity index is 1080. The van der Waals surface area contributed by atoms with Gasteiger partial charge in [-0.2, -0.15) is 0 Å². The minimum atomic E-state index is -0.473. The number of thiophene rings is 1. The zero-order valence-electron chi connectivity index (χ0n) is 15.2. The average Bonchev–Trinajstić information content (AvgIpc) is 3.18. The number of esters is 1. The summed E-state index contributed by atoms with van der Waals surface area (Å²) in [5, 5.41) is 1.27. The summed E-state index contributed by atoms with van der Waals surface area (Å²) >= 11 is 3.03. The topological polar surface area (TPSA) is 52.1 Å². The number of hydrogen-bond acceptors (Lipinski definition) is 6. The van der Waals surface area contributed by atoms with Crippen LogP contribution < -0.4 is 0 Å². The van der Waals surface area contributed by atoms with Gasteiger partial charge in [-0.1, -0.05) is 72.4 Å². The van der Waals surface area contributed by atoms with Crippen LogP contribution in [0.3, 0.4) is 0 Å². The van der Waals surface area contributed by atoms with E-state index in [0.717, 1.165) is 31.2 Å². The first kappa shape index (κ1) is 18.7. The number of hydrogen-bond donors (Lipinski definition) is 0. The zero-order valence-corrected chi connectivity index (χ0v) is 16.9. The molecule has 0 radical (unpaired) electrons. The Hall–Kier alpha value is -2.70. The van der Waals surface area contributed by atoms with Crippen molar-refractivity contribution in [3.05, 3.63) is 78.6 Å². The van der Waals surface area contributed by atoms with Crippen LogP contribution in [0.25, 0.3) is 20.7 Å². The van der Waals surface area contributed by atoms with E-state index in [4.69, 9.17) is 4.74 Å². The molecule has 2 heterocycles. The molecule has 0 amide bonds. The van der Waals surface area contributed by atoms with E-state index in [2.05, 4.69) is 28.2 Å². The van der Waals surface area contributed by atoms with Crippen LogP contribution in [0.5, 0.6) is 0 Å². The molecule has 4 rings (SSSR count). The Balaban J connectivity index is 1.73. The fourth-order valence-corrected chi connectivity index (χ4v) is 5.02. The number of carbonyl (C=O) groups is 1. The highest BCUT2D eigenvalue weighted by Crippen LogP contribution is 2.41. The van der Waals surface area contributed by atoms with Crippen molar-refractivity contribution in [3.63, 3.8) is 0 Å². The molecule has 0 saturated carbocycles. The van der Waals surface area contributed by atoms with E-state index in [1.165, 1.54) is 11.8 Å². The van der Waals surface area contributed by atoms with Gasteiger partial charge in [-0.05, 0) is 24.1 Å². The van der Waals surface area contributed by atoms with Gasteiger partial charge in [0.05, 0.1) is 6.61 Å². The van der Waals surface area contributed by atoms with Crippen molar-refractivity contribution < 1.29 is 9.53 Å². The third kappa shape index (κ3) is 3.93. The molecule has 0 N–H and O–H groups in total. The van der Waals surface area contributed by atoms with Gasteiger partial charge in [-0.3, -0.25) is 4.79 Å². The summed E-state index contributed by atoms with van der Waals surface area (Å²) < 4.78 is 5.32.